The van der Waals surface area contributed by atoms with E-state index >= 15 is 0 Å². The molecular formula is C14H10O3. The Kier molecular flexibility index (Phi) is 3.01. The van der Waals surface area contributed by atoms with Crippen molar-refractivity contribution in [3.8, 4) is 5.75 Å². The molecular weight excluding hydrogens is 216 g/mol. The van der Waals surface area contributed by atoms with Crippen LogP contribution in [-0.2, 0) is 0 Å². The number of rotatable bonds is 3. The first-order chi connectivity index (χ1) is 8.22. The van der Waals surface area contributed by atoms with Crippen LogP contribution in [0.25, 0.3) is 0 Å². The zero-order valence-electron chi connectivity index (χ0n) is 8.96. The number of hydrogen-bond donors (Lipinski definition) is 1. The van der Waals surface area contributed by atoms with Gasteiger partial charge in [0, 0.05) is 11.1 Å². The SMILES string of the molecule is O=Cc1cccc(C(=O)c2ccccc2O)c1. The van der Waals surface area contributed by atoms with Crippen molar-refractivity contribution in [3.63, 3.8) is 0 Å². The number of benzene rings is 2. The van der Waals surface area contributed by atoms with E-state index < -0.39 is 0 Å². The highest BCUT2D eigenvalue weighted by molar-refractivity contribution is 6.11. The largest absolute Gasteiger partial charge is 0.507 e. The average Bonchev–Trinajstić information content (AvgIpc) is 2.38. The van der Waals surface area contributed by atoms with Gasteiger partial charge >= 0.3 is 0 Å². The predicted molar refractivity (Wildman–Crippen MR) is 63.4 cm³/mol. The number of aldehydes is 1. The molecule has 0 unspecified atom stereocenters. The molecule has 2 rings (SSSR count). The predicted octanol–water partition coefficient (Wildman–Crippen LogP) is 2.44. The molecule has 0 aliphatic carbocycles. The topological polar surface area (TPSA) is 54.4 Å². The van der Waals surface area contributed by atoms with Crippen molar-refractivity contribution < 1.29 is 14.7 Å². The molecule has 2 aromatic carbocycles. The van der Waals surface area contributed by atoms with Gasteiger partial charge in [-0.3, -0.25) is 9.59 Å². The lowest BCUT2D eigenvalue weighted by atomic mass is 10.0. The molecule has 3 heteroatoms. The van der Waals surface area contributed by atoms with Gasteiger partial charge in [-0.25, -0.2) is 0 Å². The molecule has 17 heavy (non-hydrogen) atoms. The zero-order valence-corrected chi connectivity index (χ0v) is 8.96. The van der Waals surface area contributed by atoms with Gasteiger partial charge in [0.2, 0.25) is 0 Å². The molecule has 0 aliphatic heterocycles. The molecule has 0 atom stereocenters. The standard InChI is InChI=1S/C14H10O3/c15-9-10-4-3-5-11(8-10)14(17)12-6-1-2-7-13(12)16/h1-9,16H. The smallest absolute Gasteiger partial charge is 0.196 e. The first-order valence-electron chi connectivity index (χ1n) is 5.10. The Morgan fingerprint density at radius 2 is 1.82 bits per heavy atom. The van der Waals surface area contributed by atoms with Crippen molar-refractivity contribution in [2.45, 2.75) is 0 Å². The fraction of sp³-hybridized carbons (Fsp3) is 0. The number of ketones is 1. The van der Waals surface area contributed by atoms with Crippen LogP contribution in [-0.4, -0.2) is 17.2 Å². The van der Waals surface area contributed by atoms with Gasteiger partial charge in [-0.05, 0) is 18.2 Å². The Morgan fingerprint density at radius 1 is 1.06 bits per heavy atom. The Bertz CT molecular complexity index is 573. The van der Waals surface area contributed by atoms with Crippen molar-refractivity contribution in [3.05, 3.63) is 65.2 Å². The van der Waals surface area contributed by atoms with Crippen molar-refractivity contribution in [2.24, 2.45) is 0 Å². The van der Waals surface area contributed by atoms with Gasteiger partial charge in [-0.1, -0.05) is 30.3 Å². The summed E-state index contributed by atoms with van der Waals surface area (Å²) < 4.78 is 0. The van der Waals surface area contributed by atoms with E-state index in [0.717, 1.165) is 0 Å². The van der Waals surface area contributed by atoms with Gasteiger partial charge in [0.1, 0.15) is 12.0 Å². The van der Waals surface area contributed by atoms with Crippen LogP contribution in [0, 0.1) is 0 Å². The molecule has 3 nitrogen and oxygen atoms in total. The molecule has 0 spiro atoms. The number of aromatic hydroxyl groups is 1. The number of para-hydroxylation sites is 1. The molecule has 0 radical (unpaired) electrons. The van der Waals surface area contributed by atoms with Gasteiger partial charge in [-0.2, -0.15) is 0 Å². The summed E-state index contributed by atoms with van der Waals surface area (Å²) in [5.74, 6) is -0.360. The maximum absolute atomic E-state index is 12.1. The molecule has 84 valence electrons. The first kappa shape index (κ1) is 11.1. The molecule has 0 fully saturated rings. The summed E-state index contributed by atoms with van der Waals surface area (Å²) in [7, 11) is 0. The van der Waals surface area contributed by atoms with E-state index in [1.54, 1.807) is 36.4 Å². The third kappa shape index (κ3) is 2.23. The third-order valence-electron chi connectivity index (χ3n) is 2.43. The number of carbonyl (C=O) groups excluding carboxylic acids is 2. The van der Waals surface area contributed by atoms with Gasteiger partial charge < -0.3 is 5.11 Å². The maximum atomic E-state index is 12.1. The van der Waals surface area contributed by atoms with Crippen LogP contribution in [0.5, 0.6) is 5.75 Å². The molecule has 0 saturated carbocycles. The lowest BCUT2D eigenvalue weighted by molar-refractivity contribution is 0.103. The summed E-state index contributed by atoms with van der Waals surface area (Å²) in [4.78, 5) is 22.7. The normalized spacial score (nSPS) is 9.88. The summed E-state index contributed by atoms with van der Waals surface area (Å²) >= 11 is 0. The van der Waals surface area contributed by atoms with Crippen molar-refractivity contribution in [1.29, 1.82) is 0 Å². The van der Waals surface area contributed by atoms with E-state index in [9.17, 15) is 14.7 Å². The molecule has 1 N–H and O–H groups in total. The Morgan fingerprint density at radius 3 is 2.53 bits per heavy atom. The van der Waals surface area contributed by atoms with Crippen LogP contribution in [0.3, 0.4) is 0 Å². The molecule has 0 aromatic heterocycles. The second-order valence-electron chi connectivity index (χ2n) is 3.59. The van der Waals surface area contributed by atoms with Crippen LogP contribution in [0.4, 0.5) is 0 Å². The zero-order chi connectivity index (χ0) is 12.3. The van der Waals surface area contributed by atoms with Gasteiger partial charge in [-0.15, -0.1) is 0 Å². The summed E-state index contributed by atoms with van der Waals surface area (Å²) in [5.41, 5.74) is 1.05. The molecule has 0 heterocycles. The molecule has 0 saturated heterocycles. The van der Waals surface area contributed by atoms with E-state index in [1.807, 2.05) is 0 Å². The van der Waals surface area contributed by atoms with Crippen LogP contribution < -0.4 is 0 Å². The van der Waals surface area contributed by atoms with E-state index in [-0.39, 0.29) is 17.1 Å². The number of hydrogen-bond acceptors (Lipinski definition) is 3. The van der Waals surface area contributed by atoms with E-state index in [4.69, 9.17) is 0 Å². The van der Waals surface area contributed by atoms with Crippen molar-refractivity contribution >= 4 is 12.1 Å². The van der Waals surface area contributed by atoms with Gasteiger partial charge in [0.25, 0.3) is 0 Å². The van der Waals surface area contributed by atoms with Crippen molar-refractivity contribution in [2.75, 3.05) is 0 Å². The summed E-state index contributed by atoms with van der Waals surface area (Å²) in [6.45, 7) is 0. The van der Waals surface area contributed by atoms with Crippen molar-refractivity contribution in [1.82, 2.24) is 0 Å². The summed E-state index contributed by atoms with van der Waals surface area (Å²) in [5, 5.41) is 9.58. The minimum atomic E-state index is -0.299. The summed E-state index contributed by atoms with van der Waals surface area (Å²) in [6.07, 6.45) is 0.682. The highest BCUT2D eigenvalue weighted by atomic mass is 16.3. The van der Waals surface area contributed by atoms with Crippen LogP contribution in [0.2, 0.25) is 0 Å². The Balaban J connectivity index is 2.44. The average molecular weight is 226 g/mol. The Hall–Kier alpha value is -2.42. The van der Waals surface area contributed by atoms with Gasteiger partial charge in [0.15, 0.2) is 5.78 Å². The highest BCUT2D eigenvalue weighted by Gasteiger charge is 2.12. The minimum absolute atomic E-state index is 0.0611. The molecule has 0 aliphatic rings. The fourth-order valence-electron chi connectivity index (χ4n) is 1.57. The number of phenolic OH excluding ortho intramolecular Hbond substituents is 1. The molecule has 0 bridgehead atoms. The fourth-order valence-corrected chi connectivity index (χ4v) is 1.57. The van der Waals surface area contributed by atoms with E-state index in [1.165, 1.54) is 12.1 Å². The maximum Gasteiger partial charge on any atom is 0.196 e. The minimum Gasteiger partial charge on any atom is -0.507 e. The second-order valence-corrected chi connectivity index (χ2v) is 3.59. The molecule has 0 amide bonds. The van der Waals surface area contributed by atoms with E-state index in [0.29, 0.717) is 17.4 Å². The van der Waals surface area contributed by atoms with Crippen LogP contribution >= 0.6 is 0 Å². The quantitative estimate of drug-likeness (QED) is 0.646. The number of carbonyl (C=O) groups is 2. The van der Waals surface area contributed by atoms with E-state index in [2.05, 4.69) is 0 Å². The van der Waals surface area contributed by atoms with Crippen LogP contribution in [0.1, 0.15) is 26.3 Å². The lowest BCUT2D eigenvalue weighted by Crippen LogP contribution is -2.02. The van der Waals surface area contributed by atoms with Gasteiger partial charge in [0.05, 0.1) is 5.56 Å². The first-order valence-corrected chi connectivity index (χ1v) is 5.10. The third-order valence-corrected chi connectivity index (χ3v) is 2.43. The monoisotopic (exact) mass is 226 g/mol. The highest BCUT2D eigenvalue weighted by Crippen LogP contribution is 2.20. The Labute approximate surface area is 98.3 Å². The second kappa shape index (κ2) is 4.61. The summed E-state index contributed by atoms with van der Waals surface area (Å²) in [6, 6.07) is 12.7. The molecule has 2 aromatic rings. The lowest BCUT2D eigenvalue weighted by Gasteiger charge is -2.03. The number of phenols is 1. The van der Waals surface area contributed by atoms with Crippen LogP contribution in [0.15, 0.2) is 48.5 Å².